The number of pyridine rings is 1. The third-order valence-corrected chi connectivity index (χ3v) is 3.59. The minimum absolute atomic E-state index is 0.0656. The standard InChI is InChI=1S/C13H17N5O/c1-9-5-10(2)7-17(6-9)13(19)11-3-4-12-14-15-16-18(12)8-11/h3-4,8-10H,5-7H2,1-2H3/t9-,10-/m0/s1. The number of likely N-dealkylation sites (tertiary alicyclic amines) is 1. The SMILES string of the molecule is C[C@H]1C[C@H](C)CN(C(=O)c2ccc3nnnn3c2)C1. The molecule has 0 aliphatic carbocycles. The van der Waals surface area contributed by atoms with Crippen molar-refractivity contribution >= 4 is 11.6 Å². The molecule has 3 rings (SSSR count). The molecule has 6 nitrogen and oxygen atoms in total. The van der Waals surface area contributed by atoms with Gasteiger partial charge in [0.1, 0.15) is 0 Å². The van der Waals surface area contributed by atoms with Crippen LogP contribution in [0.5, 0.6) is 0 Å². The van der Waals surface area contributed by atoms with Gasteiger partial charge in [0.15, 0.2) is 5.65 Å². The Morgan fingerprint density at radius 3 is 2.74 bits per heavy atom. The molecule has 19 heavy (non-hydrogen) atoms. The summed E-state index contributed by atoms with van der Waals surface area (Å²) in [5.74, 6) is 1.18. The highest BCUT2D eigenvalue weighted by atomic mass is 16.2. The van der Waals surface area contributed by atoms with Gasteiger partial charge in [-0.15, -0.1) is 5.10 Å². The van der Waals surface area contributed by atoms with Gasteiger partial charge in [0.05, 0.1) is 5.56 Å². The number of hydrogen-bond donors (Lipinski definition) is 0. The molecule has 0 radical (unpaired) electrons. The first-order chi connectivity index (χ1) is 9.13. The predicted molar refractivity (Wildman–Crippen MR) is 69.6 cm³/mol. The van der Waals surface area contributed by atoms with E-state index in [1.165, 1.54) is 10.9 Å². The van der Waals surface area contributed by atoms with Crippen molar-refractivity contribution in [2.75, 3.05) is 13.1 Å². The van der Waals surface area contributed by atoms with E-state index in [1.54, 1.807) is 18.3 Å². The topological polar surface area (TPSA) is 63.4 Å². The Morgan fingerprint density at radius 1 is 1.26 bits per heavy atom. The van der Waals surface area contributed by atoms with Gasteiger partial charge in [0, 0.05) is 19.3 Å². The van der Waals surface area contributed by atoms with E-state index in [9.17, 15) is 4.79 Å². The third-order valence-electron chi connectivity index (χ3n) is 3.59. The molecule has 0 N–H and O–H groups in total. The highest BCUT2D eigenvalue weighted by Gasteiger charge is 2.26. The van der Waals surface area contributed by atoms with Crippen molar-refractivity contribution in [1.29, 1.82) is 0 Å². The molecule has 6 heteroatoms. The van der Waals surface area contributed by atoms with Gasteiger partial charge in [-0.1, -0.05) is 13.8 Å². The van der Waals surface area contributed by atoms with Gasteiger partial charge in [0.2, 0.25) is 0 Å². The molecule has 3 heterocycles. The largest absolute Gasteiger partial charge is 0.338 e. The molecule has 1 aliphatic rings. The van der Waals surface area contributed by atoms with Crippen LogP contribution in [0.3, 0.4) is 0 Å². The van der Waals surface area contributed by atoms with Gasteiger partial charge < -0.3 is 4.90 Å². The zero-order valence-electron chi connectivity index (χ0n) is 11.2. The summed E-state index contributed by atoms with van der Waals surface area (Å²) in [7, 11) is 0. The molecule has 100 valence electrons. The van der Waals surface area contributed by atoms with E-state index in [2.05, 4.69) is 29.4 Å². The van der Waals surface area contributed by atoms with E-state index in [0.717, 1.165) is 13.1 Å². The number of fused-ring (bicyclic) bond motifs is 1. The van der Waals surface area contributed by atoms with Crippen molar-refractivity contribution in [2.24, 2.45) is 11.8 Å². The van der Waals surface area contributed by atoms with Gasteiger partial charge in [0.25, 0.3) is 5.91 Å². The second kappa shape index (κ2) is 4.60. The lowest BCUT2D eigenvalue weighted by Gasteiger charge is -2.35. The number of aromatic nitrogens is 4. The summed E-state index contributed by atoms with van der Waals surface area (Å²) >= 11 is 0. The molecule has 0 aromatic carbocycles. The van der Waals surface area contributed by atoms with E-state index in [-0.39, 0.29) is 5.91 Å². The highest BCUT2D eigenvalue weighted by molar-refractivity contribution is 5.94. The van der Waals surface area contributed by atoms with Gasteiger partial charge in [-0.05, 0) is 40.8 Å². The molecule has 1 aliphatic heterocycles. The fourth-order valence-electron chi connectivity index (χ4n) is 2.88. The van der Waals surface area contributed by atoms with Crippen molar-refractivity contribution < 1.29 is 4.79 Å². The summed E-state index contributed by atoms with van der Waals surface area (Å²) in [4.78, 5) is 14.4. The number of nitrogens with zero attached hydrogens (tertiary/aromatic N) is 5. The zero-order valence-corrected chi connectivity index (χ0v) is 11.2. The summed E-state index contributed by atoms with van der Waals surface area (Å²) in [6.45, 7) is 6.05. The molecule has 2 atom stereocenters. The number of piperidine rings is 1. The molecule has 2 aromatic rings. The Kier molecular flexibility index (Phi) is 2.93. The van der Waals surface area contributed by atoms with Crippen LogP contribution in [0.25, 0.3) is 5.65 Å². The van der Waals surface area contributed by atoms with Crippen molar-refractivity contribution in [3.8, 4) is 0 Å². The van der Waals surface area contributed by atoms with Crippen LogP contribution in [-0.2, 0) is 0 Å². The molecular weight excluding hydrogens is 242 g/mol. The Labute approximate surface area is 111 Å². The molecule has 0 spiro atoms. The smallest absolute Gasteiger partial charge is 0.255 e. The molecule has 1 saturated heterocycles. The van der Waals surface area contributed by atoms with E-state index in [1.807, 2.05) is 4.90 Å². The lowest BCUT2D eigenvalue weighted by Crippen LogP contribution is -2.42. The number of rotatable bonds is 1. The number of amides is 1. The first-order valence-electron chi connectivity index (χ1n) is 6.60. The molecule has 1 fully saturated rings. The van der Waals surface area contributed by atoms with Crippen molar-refractivity contribution in [3.63, 3.8) is 0 Å². The Morgan fingerprint density at radius 2 is 2.00 bits per heavy atom. The monoisotopic (exact) mass is 259 g/mol. The lowest BCUT2D eigenvalue weighted by atomic mass is 9.91. The highest BCUT2D eigenvalue weighted by Crippen LogP contribution is 2.22. The van der Waals surface area contributed by atoms with Crippen LogP contribution in [0.4, 0.5) is 0 Å². The van der Waals surface area contributed by atoms with E-state index >= 15 is 0 Å². The van der Waals surface area contributed by atoms with Gasteiger partial charge in [-0.25, -0.2) is 0 Å². The van der Waals surface area contributed by atoms with Crippen LogP contribution < -0.4 is 0 Å². The molecule has 0 bridgehead atoms. The van der Waals surface area contributed by atoms with Crippen LogP contribution in [0.2, 0.25) is 0 Å². The average Bonchev–Trinajstić information content (AvgIpc) is 2.83. The maximum Gasteiger partial charge on any atom is 0.255 e. The Balaban J connectivity index is 1.86. The maximum absolute atomic E-state index is 12.5. The van der Waals surface area contributed by atoms with Crippen molar-refractivity contribution in [2.45, 2.75) is 20.3 Å². The minimum Gasteiger partial charge on any atom is -0.338 e. The summed E-state index contributed by atoms with van der Waals surface area (Å²) in [6, 6.07) is 3.56. The normalized spacial score (nSPS) is 23.8. The first kappa shape index (κ1) is 12.1. The number of tetrazole rings is 1. The van der Waals surface area contributed by atoms with Gasteiger partial charge in [-0.2, -0.15) is 4.52 Å². The molecule has 0 saturated carbocycles. The fraction of sp³-hybridized carbons (Fsp3) is 0.538. The Bertz CT molecular complexity index is 598. The van der Waals surface area contributed by atoms with Crippen LogP contribution in [0.15, 0.2) is 18.3 Å². The lowest BCUT2D eigenvalue weighted by molar-refractivity contribution is 0.0622. The van der Waals surface area contributed by atoms with Crippen LogP contribution in [-0.4, -0.2) is 43.9 Å². The third kappa shape index (κ3) is 2.30. The quantitative estimate of drug-likeness (QED) is 0.773. The average molecular weight is 259 g/mol. The van der Waals surface area contributed by atoms with E-state index in [4.69, 9.17) is 0 Å². The summed E-state index contributed by atoms with van der Waals surface area (Å²) in [5.41, 5.74) is 1.29. The van der Waals surface area contributed by atoms with Crippen molar-refractivity contribution in [3.05, 3.63) is 23.9 Å². The fourth-order valence-corrected chi connectivity index (χ4v) is 2.88. The van der Waals surface area contributed by atoms with E-state index in [0.29, 0.717) is 23.0 Å². The predicted octanol–water partition coefficient (Wildman–Crippen LogP) is 1.24. The number of hydrogen-bond acceptors (Lipinski definition) is 4. The number of carbonyl (C=O) groups is 1. The van der Waals surface area contributed by atoms with Crippen LogP contribution in [0.1, 0.15) is 30.6 Å². The molecule has 0 unspecified atom stereocenters. The minimum atomic E-state index is 0.0656. The van der Waals surface area contributed by atoms with Gasteiger partial charge >= 0.3 is 0 Å². The summed E-state index contributed by atoms with van der Waals surface area (Å²) in [6.07, 6.45) is 2.89. The van der Waals surface area contributed by atoms with Crippen LogP contribution >= 0.6 is 0 Å². The zero-order chi connectivity index (χ0) is 13.4. The molecular formula is C13H17N5O. The first-order valence-corrected chi connectivity index (χ1v) is 6.60. The van der Waals surface area contributed by atoms with Crippen molar-refractivity contribution in [1.82, 2.24) is 24.9 Å². The van der Waals surface area contributed by atoms with E-state index < -0.39 is 0 Å². The molecule has 1 amide bonds. The van der Waals surface area contributed by atoms with Crippen LogP contribution in [0, 0.1) is 11.8 Å². The maximum atomic E-state index is 12.5. The van der Waals surface area contributed by atoms with Gasteiger partial charge in [-0.3, -0.25) is 4.79 Å². The summed E-state index contributed by atoms with van der Waals surface area (Å²) < 4.78 is 1.53. The second-order valence-corrected chi connectivity index (χ2v) is 5.56. The summed E-state index contributed by atoms with van der Waals surface area (Å²) in [5, 5.41) is 11.2. The number of carbonyl (C=O) groups excluding carboxylic acids is 1. The second-order valence-electron chi connectivity index (χ2n) is 5.56. The Hall–Kier alpha value is -1.98. The molecule has 2 aromatic heterocycles.